The van der Waals surface area contributed by atoms with E-state index in [0.29, 0.717) is 18.5 Å². The van der Waals surface area contributed by atoms with E-state index in [9.17, 15) is 4.79 Å². The highest BCUT2D eigenvalue weighted by molar-refractivity contribution is 6.10. The fraction of sp³-hybridized carbons (Fsp3) is 0.353. The summed E-state index contributed by atoms with van der Waals surface area (Å²) in [5, 5.41) is 0. The number of benzene rings is 1. The lowest BCUT2D eigenvalue weighted by Gasteiger charge is -2.29. The van der Waals surface area contributed by atoms with E-state index >= 15 is 0 Å². The second kappa shape index (κ2) is 5.09. The van der Waals surface area contributed by atoms with E-state index < -0.39 is 0 Å². The monoisotopic (exact) mass is 296 g/mol. The van der Waals surface area contributed by atoms with Crippen molar-refractivity contribution in [3.63, 3.8) is 0 Å². The van der Waals surface area contributed by atoms with Crippen molar-refractivity contribution in [3.05, 3.63) is 47.4 Å². The molecule has 1 aromatic heterocycles. The molecule has 0 spiro atoms. The molecule has 2 heterocycles. The maximum atomic E-state index is 12.7. The van der Waals surface area contributed by atoms with Gasteiger partial charge in [0, 0.05) is 18.7 Å². The first kappa shape index (κ1) is 14.5. The van der Waals surface area contributed by atoms with Crippen molar-refractivity contribution in [3.8, 4) is 0 Å². The van der Waals surface area contributed by atoms with Crippen molar-refractivity contribution in [2.24, 2.45) is 0 Å². The fourth-order valence-corrected chi connectivity index (χ4v) is 2.70. The average molecular weight is 296 g/mol. The van der Waals surface area contributed by atoms with Crippen LogP contribution in [0.1, 0.15) is 42.4 Å². The van der Waals surface area contributed by atoms with Crippen LogP contribution in [0.4, 0.5) is 11.5 Å². The fourth-order valence-electron chi connectivity index (χ4n) is 2.70. The van der Waals surface area contributed by atoms with Gasteiger partial charge in [0.15, 0.2) is 0 Å². The number of nitrogens with two attached hydrogens (primary N) is 1. The third-order valence-electron chi connectivity index (χ3n) is 4.03. The van der Waals surface area contributed by atoms with E-state index in [0.717, 1.165) is 11.4 Å². The number of carbonyl (C=O) groups is 1. The highest BCUT2D eigenvalue weighted by Gasteiger charge is 2.29. The van der Waals surface area contributed by atoms with Crippen LogP contribution in [-0.2, 0) is 11.8 Å². The van der Waals surface area contributed by atoms with Gasteiger partial charge in [0.05, 0.1) is 5.69 Å². The van der Waals surface area contributed by atoms with Crippen LogP contribution in [0.3, 0.4) is 0 Å². The number of rotatable bonds is 1. The predicted molar refractivity (Wildman–Crippen MR) is 87.0 cm³/mol. The summed E-state index contributed by atoms with van der Waals surface area (Å²) in [6.45, 7) is 7.12. The number of carbonyl (C=O) groups excluding carboxylic acids is 1. The van der Waals surface area contributed by atoms with Gasteiger partial charge in [-0.2, -0.15) is 0 Å². The standard InChI is InChI=1S/C17H20N4O/c1-17(2,3)11-4-6-12(7-5-11)21-9-8-13-14(16(21)22)15(18)20-10-19-13/h4-7,10H,8-9H2,1-3H3,(H2,18,19,20). The molecular formula is C17H20N4O. The summed E-state index contributed by atoms with van der Waals surface area (Å²) in [5.41, 5.74) is 9.24. The first-order chi connectivity index (χ1) is 10.4. The molecule has 1 amide bonds. The van der Waals surface area contributed by atoms with Crippen LogP contribution in [0.5, 0.6) is 0 Å². The summed E-state index contributed by atoms with van der Waals surface area (Å²) in [6.07, 6.45) is 2.10. The first-order valence-corrected chi connectivity index (χ1v) is 7.39. The van der Waals surface area contributed by atoms with Crippen molar-refractivity contribution in [2.45, 2.75) is 32.6 Å². The van der Waals surface area contributed by atoms with Crippen LogP contribution in [0.25, 0.3) is 0 Å². The Kier molecular flexibility index (Phi) is 3.35. The Hall–Kier alpha value is -2.43. The van der Waals surface area contributed by atoms with Crippen LogP contribution in [-0.4, -0.2) is 22.4 Å². The summed E-state index contributed by atoms with van der Waals surface area (Å²) >= 11 is 0. The SMILES string of the molecule is CC(C)(C)c1ccc(N2CCc3ncnc(N)c3C2=O)cc1. The molecule has 2 N–H and O–H groups in total. The number of aromatic nitrogens is 2. The van der Waals surface area contributed by atoms with Crippen molar-refractivity contribution in [1.29, 1.82) is 0 Å². The largest absolute Gasteiger partial charge is 0.383 e. The Morgan fingerprint density at radius 1 is 1.14 bits per heavy atom. The Morgan fingerprint density at radius 2 is 1.82 bits per heavy atom. The number of fused-ring (bicyclic) bond motifs is 1. The molecule has 5 heteroatoms. The first-order valence-electron chi connectivity index (χ1n) is 7.39. The van der Waals surface area contributed by atoms with Gasteiger partial charge in [0.25, 0.3) is 5.91 Å². The third kappa shape index (κ3) is 2.43. The smallest absolute Gasteiger partial charge is 0.263 e. The lowest BCUT2D eigenvalue weighted by atomic mass is 9.87. The molecule has 0 fully saturated rings. The zero-order valence-corrected chi connectivity index (χ0v) is 13.1. The van der Waals surface area contributed by atoms with E-state index in [-0.39, 0.29) is 17.1 Å². The van der Waals surface area contributed by atoms with Crippen LogP contribution in [0, 0.1) is 0 Å². The van der Waals surface area contributed by atoms with E-state index in [1.807, 2.05) is 12.1 Å². The van der Waals surface area contributed by atoms with Gasteiger partial charge in [0.1, 0.15) is 17.7 Å². The Labute approximate surface area is 130 Å². The molecule has 0 bridgehead atoms. The van der Waals surface area contributed by atoms with Gasteiger partial charge in [0.2, 0.25) is 0 Å². The number of anilines is 2. The molecule has 3 rings (SSSR count). The number of nitrogen functional groups attached to an aromatic ring is 1. The van der Waals surface area contributed by atoms with Crippen LogP contribution in [0.15, 0.2) is 30.6 Å². The van der Waals surface area contributed by atoms with E-state index in [1.165, 1.54) is 11.9 Å². The molecule has 0 saturated heterocycles. The Morgan fingerprint density at radius 3 is 2.45 bits per heavy atom. The summed E-state index contributed by atoms with van der Waals surface area (Å²) in [6, 6.07) is 8.12. The summed E-state index contributed by atoms with van der Waals surface area (Å²) in [7, 11) is 0. The van der Waals surface area contributed by atoms with Gasteiger partial charge in [-0.3, -0.25) is 4.79 Å². The maximum Gasteiger partial charge on any atom is 0.263 e. The lowest BCUT2D eigenvalue weighted by molar-refractivity contribution is 0.0980. The van der Waals surface area contributed by atoms with Crippen molar-refractivity contribution >= 4 is 17.4 Å². The quantitative estimate of drug-likeness (QED) is 0.878. The maximum absolute atomic E-state index is 12.7. The van der Waals surface area contributed by atoms with Crippen molar-refractivity contribution in [1.82, 2.24) is 9.97 Å². The lowest BCUT2D eigenvalue weighted by Crippen LogP contribution is -2.39. The molecule has 114 valence electrons. The minimum atomic E-state index is -0.122. The van der Waals surface area contributed by atoms with E-state index in [4.69, 9.17) is 5.73 Å². The molecule has 5 nitrogen and oxygen atoms in total. The molecule has 1 aromatic carbocycles. The zero-order chi connectivity index (χ0) is 15.9. The minimum Gasteiger partial charge on any atom is -0.383 e. The molecule has 0 atom stereocenters. The molecule has 1 aliphatic heterocycles. The van der Waals surface area contributed by atoms with Gasteiger partial charge in [-0.1, -0.05) is 32.9 Å². The summed E-state index contributed by atoms with van der Waals surface area (Å²) < 4.78 is 0. The molecule has 1 aliphatic rings. The zero-order valence-electron chi connectivity index (χ0n) is 13.1. The molecule has 0 aliphatic carbocycles. The van der Waals surface area contributed by atoms with Gasteiger partial charge in [-0.05, 0) is 23.1 Å². The molecule has 0 unspecified atom stereocenters. The predicted octanol–water partition coefficient (Wildman–Crippen LogP) is 2.56. The summed E-state index contributed by atoms with van der Waals surface area (Å²) in [4.78, 5) is 22.5. The molecular weight excluding hydrogens is 276 g/mol. The third-order valence-corrected chi connectivity index (χ3v) is 4.03. The Balaban J connectivity index is 1.94. The van der Waals surface area contributed by atoms with Crippen molar-refractivity contribution < 1.29 is 4.79 Å². The van der Waals surface area contributed by atoms with Crippen LogP contribution < -0.4 is 10.6 Å². The second-order valence-electron chi connectivity index (χ2n) is 6.58. The van der Waals surface area contributed by atoms with Gasteiger partial charge >= 0.3 is 0 Å². The second-order valence-corrected chi connectivity index (χ2v) is 6.58. The number of nitrogens with zero attached hydrogens (tertiary/aromatic N) is 3. The normalized spacial score (nSPS) is 14.9. The molecule has 0 radical (unpaired) electrons. The highest BCUT2D eigenvalue weighted by Crippen LogP contribution is 2.28. The average Bonchev–Trinajstić information content (AvgIpc) is 2.47. The van der Waals surface area contributed by atoms with Gasteiger partial charge in [-0.15, -0.1) is 0 Å². The molecule has 2 aromatic rings. The molecule has 22 heavy (non-hydrogen) atoms. The topological polar surface area (TPSA) is 72.1 Å². The number of amides is 1. The minimum absolute atomic E-state index is 0.0926. The van der Waals surface area contributed by atoms with E-state index in [2.05, 4.69) is 42.9 Å². The van der Waals surface area contributed by atoms with Crippen LogP contribution >= 0.6 is 0 Å². The van der Waals surface area contributed by atoms with Gasteiger partial charge < -0.3 is 10.6 Å². The highest BCUT2D eigenvalue weighted by atomic mass is 16.2. The summed E-state index contributed by atoms with van der Waals surface area (Å²) in [5.74, 6) is 0.133. The van der Waals surface area contributed by atoms with Crippen molar-refractivity contribution in [2.75, 3.05) is 17.2 Å². The number of hydrogen-bond acceptors (Lipinski definition) is 4. The number of hydrogen-bond donors (Lipinski definition) is 1. The van der Waals surface area contributed by atoms with Gasteiger partial charge in [-0.25, -0.2) is 9.97 Å². The van der Waals surface area contributed by atoms with Crippen LogP contribution in [0.2, 0.25) is 0 Å². The Bertz CT molecular complexity index is 716. The van der Waals surface area contributed by atoms with E-state index in [1.54, 1.807) is 4.90 Å². The molecule has 0 saturated carbocycles.